The third-order valence-corrected chi connectivity index (χ3v) is 3.51. The minimum absolute atomic E-state index is 0.153. The van der Waals surface area contributed by atoms with E-state index in [1.165, 1.54) is 6.33 Å². The third-order valence-electron chi connectivity index (χ3n) is 3.51. The van der Waals surface area contributed by atoms with Crippen molar-refractivity contribution in [2.24, 2.45) is 11.8 Å². The van der Waals surface area contributed by atoms with Crippen LogP contribution in [0.25, 0.3) is 0 Å². The first kappa shape index (κ1) is 9.77. The molecular formula is C10H15N5O. The zero-order valence-corrected chi connectivity index (χ0v) is 9.04. The molecule has 6 nitrogen and oxygen atoms in total. The topological polar surface area (TPSA) is 63.1 Å². The third kappa shape index (κ3) is 1.69. The fourth-order valence-electron chi connectivity index (χ4n) is 2.61. The summed E-state index contributed by atoms with van der Waals surface area (Å²) in [7, 11) is 0. The van der Waals surface area contributed by atoms with Crippen molar-refractivity contribution in [3.8, 4) is 0 Å². The van der Waals surface area contributed by atoms with Crippen molar-refractivity contribution >= 4 is 5.91 Å². The molecule has 2 aliphatic rings. The number of rotatable bonds is 2. The van der Waals surface area contributed by atoms with Gasteiger partial charge < -0.3 is 10.2 Å². The average Bonchev–Trinajstić information content (AvgIpc) is 2.91. The maximum Gasteiger partial charge on any atom is 0.244 e. The van der Waals surface area contributed by atoms with Crippen LogP contribution in [0.1, 0.15) is 0 Å². The highest BCUT2D eigenvalue weighted by Gasteiger charge is 2.37. The van der Waals surface area contributed by atoms with E-state index in [9.17, 15) is 4.79 Å². The Morgan fingerprint density at radius 1 is 1.38 bits per heavy atom. The van der Waals surface area contributed by atoms with Gasteiger partial charge in [-0.15, -0.1) is 0 Å². The van der Waals surface area contributed by atoms with Crippen molar-refractivity contribution in [2.45, 2.75) is 6.54 Å². The van der Waals surface area contributed by atoms with Gasteiger partial charge >= 0.3 is 0 Å². The van der Waals surface area contributed by atoms with Gasteiger partial charge in [0.15, 0.2) is 0 Å². The molecule has 2 atom stereocenters. The number of aromatic nitrogens is 3. The summed E-state index contributed by atoms with van der Waals surface area (Å²) in [6.45, 7) is 4.21. The monoisotopic (exact) mass is 221 g/mol. The standard InChI is InChI=1S/C10H15N5O/c16-10(5-15-7-12-6-13-15)14-3-8-1-11-2-9(8)4-14/h6-9,11H,1-5H2/t8-,9+. The van der Waals surface area contributed by atoms with Crippen LogP contribution < -0.4 is 5.32 Å². The molecule has 3 rings (SSSR count). The number of likely N-dealkylation sites (tertiary alicyclic amines) is 1. The van der Waals surface area contributed by atoms with E-state index >= 15 is 0 Å². The average molecular weight is 221 g/mol. The molecular weight excluding hydrogens is 206 g/mol. The van der Waals surface area contributed by atoms with Crippen LogP contribution in [-0.4, -0.2) is 51.8 Å². The largest absolute Gasteiger partial charge is 0.340 e. The van der Waals surface area contributed by atoms with Gasteiger partial charge in [0.05, 0.1) is 0 Å². The second-order valence-electron chi connectivity index (χ2n) is 4.57. The molecule has 1 amide bonds. The fraction of sp³-hybridized carbons (Fsp3) is 0.700. The summed E-state index contributed by atoms with van der Waals surface area (Å²) in [5.41, 5.74) is 0. The summed E-state index contributed by atoms with van der Waals surface area (Å²) >= 11 is 0. The Balaban J connectivity index is 1.60. The maximum absolute atomic E-state index is 12.0. The molecule has 2 saturated heterocycles. The zero-order valence-electron chi connectivity index (χ0n) is 9.04. The van der Waals surface area contributed by atoms with E-state index < -0.39 is 0 Å². The van der Waals surface area contributed by atoms with Crippen LogP contribution in [0, 0.1) is 11.8 Å². The summed E-state index contributed by atoms with van der Waals surface area (Å²) < 4.78 is 1.58. The molecule has 3 heterocycles. The van der Waals surface area contributed by atoms with E-state index in [-0.39, 0.29) is 5.91 Å². The lowest BCUT2D eigenvalue weighted by molar-refractivity contribution is -0.131. The van der Waals surface area contributed by atoms with E-state index in [1.54, 1.807) is 11.0 Å². The summed E-state index contributed by atoms with van der Waals surface area (Å²) in [5, 5.41) is 7.31. The van der Waals surface area contributed by atoms with Crippen LogP contribution >= 0.6 is 0 Å². The number of carbonyl (C=O) groups excluding carboxylic acids is 1. The first-order chi connectivity index (χ1) is 7.83. The molecule has 2 fully saturated rings. The molecule has 1 aromatic heterocycles. The molecule has 0 bridgehead atoms. The summed E-state index contributed by atoms with van der Waals surface area (Å²) in [6, 6.07) is 0. The Kier molecular flexibility index (Phi) is 2.36. The molecule has 0 aromatic carbocycles. The predicted molar refractivity (Wildman–Crippen MR) is 56.5 cm³/mol. The number of nitrogens with one attached hydrogen (secondary N) is 1. The highest BCUT2D eigenvalue weighted by molar-refractivity contribution is 5.76. The molecule has 86 valence electrons. The molecule has 0 spiro atoms. The lowest BCUT2D eigenvalue weighted by Gasteiger charge is -2.17. The summed E-state index contributed by atoms with van der Waals surface area (Å²) in [5.74, 6) is 1.46. The second-order valence-corrected chi connectivity index (χ2v) is 4.57. The maximum atomic E-state index is 12.0. The molecule has 0 unspecified atom stereocenters. The van der Waals surface area contributed by atoms with Crippen LogP contribution in [0.5, 0.6) is 0 Å². The Labute approximate surface area is 93.6 Å². The number of amides is 1. The van der Waals surface area contributed by atoms with Gasteiger partial charge in [0.25, 0.3) is 0 Å². The number of nitrogens with zero attached hydrogens (tertiary/aromatic N) is 4. The minimum atomic E-state index is 0.153. The lowest BCUT2D eigenvalue weighted by atomic mass is 10.0. The molecule has 0 saturated carbocycles. The van der Waals surface area contributed by atoms with Gasteiger partial charge in [-0.05, 0) is 11.8 Å². The van der Waals surface area contributed by atoms with E-state index in [2.05, 4.69) is 15.4 Å². The van der Waals surface area contributed by atoms with Gasteiger partial charge in [-0.3, -0.25) is 4.79 Å². The van der Waals surface area contributed by atoms with Crippen molar-refractivity contribution in [3.05, 3.63) is 12.7 Å². The van der Waals surface area contributed by atoms with E-state index in [0.29, 0.717) is 18.4 Å². The Hall–Kier alpha value is -1.43. The van der Waals surface area contributed by atoms with Crippen LogP contribution in [0.4, 0.5) is 0 Å². The van der Waals surface area contributed by atoms with Crippen molar-refractivity contribution < 1.29 is 4.79 Å². The Morgan fingerprint density at radius 2 is 2.12 bits per heavy atom. The van der Waals surface area contributed by atoms with Crippen LogP contribution in [0.2, 0.25) is 0 Å². The van der Waals surface area contributed by atoms with Crippen LogP contribution in [-0.2, 0) is 11.3 Å². The SMILES string of the molecule is O=C(Cn1cncn1)N1C[C@H]2CNC[C@H]2C1. The Bertz CT molecular complexity index is 365. The Morgan fingerprint density at radius 3 is 2.75 bits per heavy atom. The number of carbonyl (C=O) groups is 1. The molecule has 2 aliphatic heterocycles. The van der Waals surface area contributed by atoms with Crippen molar-refractivity contribution in [3.63, 3.8) is 0 Å². The normalized spacial score (nSPS) is 28.4. The summed E-state index contributed by atoms with van der Waals surface area (Å²) in [6.07, 6.45) is 3.03. The van der Waals surface area contributed by atoms with Crippen LogP contribution in [0.3, 0.4) is 0 Å². The fourth-order valence-corrected chi connectivity index (χ4v) is 2.61. The minimum Gasteiger partial charge on any atom is -0.340 e. The first-order valence-electron chi connectivity index (χ1n) is 5.64. The van der Waals surface area contributed by atoms with Gasteiger partial charge in [-0.25, -0.2) is 9.67 Å². The highest BCUT2D eigenvalue weighted by atomic mass is 16.2. The quantitative estimate of drug-likeness (QED) is 0.692. The van der Waals surface area contributed by atoms with E-state index in [1.807, 2.05) is 4.90 Å². The van der Waals surface area contributed by atoms with Crippen molar-refractivity contribution in [2.75, 3.05) is 26.2 Å². The smallest absolute Gasteiger partial charge is 0.244 e. The molecule has 1 N–H and O–H groups in total. The van der Waals surface area contributed by atoms with Crippen molar-refractivity contribution in [1.82, 2.24) is 25.0 Å². The number of fused-ring (bicyclic) bond motifs is 1. The number of hydrogen-bond donors (Lipinski definition) is 1. The van der Waals surface area contributed by atoms with Gasteiger partial charge in [-0.1, -0.05) is 0 Å². The van der Waals surface area contributed by atoms with Gasteiger partial charge in [-0.2, -0.15) is 5.10 Å². The molecule has 16 heavy (non-hydrogen) atoms. The first-order valence-corrected chi connectivity index (χ1v) is 5.64. The molecule has 0 aliphatic carbocycles. The highest BCUT2D eigenvalue weighted by Crippen LogP contribution is 2.26. The van der Waals surface area contributed by atoms with Crippen LogP contribution in [0.15, 0.2) is 12.7 Å². The van der Waals surface area contributed by atoms with Gasteiger partial charge in [0, 0.05) is 26.2 Å². The van der Waals surface area contributed by atoms with E-state index in [4.69, 9.17) is 0 Å². The lowest BCUT2D eigenvalue weighted by Crippen LogP contribution is -2.34. The summed E-state index contributed by atoms with van der Waals surface area (Å²) in [4.78, 5) is 17.7. The zero-order chi connectivity index (χ0) is 11.0. The molecule has 6 heteroatoms. The predicted octanol–water partition coefficient (Wildman–Crippen LogP) is -1.04. The van der Waals surface area contributed by atoms with E-state index in [0.717, 1.165) is 26.2 Å². The van der Waals surface area contributed by atoms with Gasteiger partial charge in [0.2, 0.25) is 5.91 Å². The van der Waals surface area contributed by atoms with Gasteiger partial charge in [0.1, 0.15) is 19.2 Å². The molecule has 1 aromatic rings. The molecule has 0 radical (unpaired) electrons. The number of hydrogen-bond acceptors (Lipinski definition) is 4. The second kappa shape index (κ2) is 3.86. The van der Waals surface area contributed by atoms with Crippen molar-refractivity contribution in [1.29, 1.82) is 0 Å².